The molecule has 0 aromatic carbocycles. The molecular formula is C16H27N3S. The highest BCUT2D eigenvalue weighted by molar-refractivity contribution is 7.15. The summed E-state index contributed by atoms with van der Waals surface area (Å²) in [6.45, 7) is 3.53. The molecule has 1 aliphatic heterocycles. The Morgan fingerprint density at radius 3 is 2.95 bits per heavy atom. The molecule has 20 heavy (non-hydrogen) atoms. The first-order valence-corrected chi connectivity index (χ1v) is 9.08. The first-order valence-electron chi connectivity index (χ1n) is 8.27. The second-order valence-electron chi connectivity index (χ2n) is 6.15. The van der Waals surface area contributed by atoms with E-state index in [-0.39, 0.29) is 0 Å². The highest BCUT2D eigenvalue weighted by atomic mass is 32.1. The summed E-state index contributed by atoms with van der Waals surface area (Å²) in [4.78, 5) is 9.14. The topological polar surface area (TPSA) is 28.2 Å². The van der Waals surface area contributed by atoms with Gasteiger partial charge in [0, 0.05) is 23.5 Å². The van der Waals surface area contributed by atoms with Crippen LogP contribution in [0.25, 0.3) is 0 Å². The molecule has 1 saturated heterocycles. The van der Waals surface area contributed by atoms with E-state index in [1.165, 1.54) is 73.6 Å². The van der Waals surface area contributed by atoms with Crippen LogP contribution in [0.2, 0.25) is 0 Å². The molecule has 112 valence electrons. The molecule has 0 radical (unpaired) electrons. The normalized spacial score (nSPS) is 27.2. The van der Waals surface area contributed by atoms with Gasteiger partial charge in [0.25, 0.3) is 0 Å². The summed E-state index contributed by atoms with van der Waals surface area (Å²) >= 11 is 1.96. The Morgan fingerprint density at radius 1 is 1.25 bits per heavy atom. The monoisotopic (exact) mass is 293 g/mol. The Morgan fingerprint density at radius 2 is 2.15 bits per heavy atom. The molecule has 0 spiro atoms. The molecule has 2 aliphatic rings. The summed E-state index contributed by atoms with van der Waals surface area (Å²) in [6, 6.07) is 1.25. The number of nitrogens with zero attached hydrogens (tertiary/aromatic N) is 2. The molecule has 3 nitrogen and oxygen atoms in total. The maximum absolute atomic E-state index is 5.02. The number of fused-ring (bicyclic) bond motifs is 1. The van der Waals surface area contributed by atoms with Crippen LogP contribution in [0.15, 0.2) is 0 Å². The van der Waals surface area contributed by atoms with Crippen molar-refractivity contribution in [3.05, 3.63) is 10.6 Å². The number of anilines is 1. The quantitative estimate of drug-likeness (QED) is 0.916. The number of hydrogen-bond donors (Lipinski definition) is 1. The highest BCUT2D eigenvalue weighted by Gasteiger charge is 2.28. The minimum absolute atomic E-state index is 0.539. The standard InChI is InChI=1S/C16H27N3S/c1-3-12-8-5-4-6-11-19(12)16-18-14-10-7-9-13(17-2)15(14)20-16/h12-13,17H,3-11H2,1-2H3. The van der Waals surface area contributed by atoms with E-state index in [9.17, 15) is 0 Å². The SMILES string of the molecule is CCC1CCCCCN1c1nc2c(s1)C(NC)CCC2. The third kappa shape index (κ3) is 2.73. The average molecular weight is 293 g/mol. The molecule has 1 N–H and O–H groups in total. The number of rotatable bonds is 3. The predicted octanol–water partition coefficient (Wildman–Crippen LogP) is 3.90. The van der Waals surface area contributed by atoms with Crippen LogP contribution >= 0.6 is 11.3 Å². The van der Waals surface area contributed by atoms with Crippen molar-refractivity contribution in [1.82, 2.24) is 10.3 Å². The number of thiazole rings is 1. The van der Waals surface area contributed by atoms with E-state index in [1.807, 2.05) is 11.3 Å². The van der Waals surface area contributed by atoms with Crippen LogP contribution in [0.1, 0.15) is 68.5 Å². The lowest BCUT2D eigenvalue weighted by Crippen LogP contribution is -2.34. The fourth-order valence-corrected chi connectivity index (χ4v) is 5.01. The molecule has 1 aromatic heterocycles. The van der Waals surface area contributed by atoms with Crippen molar-refractivity contribution in [1.29, 1.82) is 0 Å². The van der Waals surface area contributed by atoms with Gasteiger partial charge in [-0.15, -0.1) is 0 Å². The maximum Gasteiger partial charge on any atom is 0.186 e. The fourth-order valence-electron chi connectivity index (χ4n) is 3.66. The minimum Gasteiger partial charge on any atom is -0.345 e. The van der Waals surface area contributed by atoms with Gasteiger partial charge in [-0.1, -0.05) is 31.1 Å². The van der Waals surface area contributed by atoms with E-state index in [1.54, 1.807) is 0 Å². The first-order chi connectivity index (χ1) is 9.83. The number of nitrogens with one attached hydrogen (secondary N) is 1. The third-order valence-electron chi connectivity index (χ3n) is 4.88. The zero-order valence-electron chi connectivity index (χ0n) is 12.8. The third-order valence-corrected chi connectivity index (χ3v) is 6.13. The smallest absolute Gasteiger partial charge is 0.186 e. The van der Waals surface area contributed by atoms with Crippen LogP contribution in [0.4, 0.5) is 5.13 Å². The van der Waals surface area contributed by atoms with E-state index in [0.29, 0.717) is 12.1 Å². The number of hydrogen-bond acceptors (Lipinski definition) is 4. The summed E-state index contributed by atoms with van der Waals surface area (Å²) < 4.78 is 0. The summed E-state index contributed by atoms with van der Waals surface area (Å²) in [7, 11) is 2.08. The van der Waals surface area contributed by atoms with Crippen molar-refractivity contribution < 1.29 is 0 Å². The van der Waals surface area contributed by atoms with Crippen molar-refractivity contribution >= 4 is 16.5 Å². The van der Waals surface area contributed by atoms with Gasteiger partial charge in [0.15, 0.2) is 5.13 Å². The van der Waals surface area contributed by atoms with Gasteiger partial charge in [0.2, 0.25) is 0 Å². The van der Waals surface area contributed by atoms with Crippen LogP contribution < -0.4 is 10.2 Å². The molecule has 2 heterocycles. The van der Waals surface area contributed by atoms with Gasteiger partial charge in [0.1, 0.15) is 0 Å². The largest absolute Gasteiger partial charge is 0.345 e. The summed E-state index contributed by atoms with van der Waals surface area (Å²) in [6.07, 6.45) is 10.4. The van der Waals surface area contributed by atoms with E-state index in [0.717, 1.165) is 0 Å². The van der Waals surface area contributed by atoms with Crippen molar-refractivity contribution in [3.63, 3.8) is 0 Å². The van der Waals surface area contributed by atoms with E-state index >= 15 is 0 Å². The van der Waals surface area contributed by atoms with Crippen LogP contribution in [-0.4, -0.2) is 24.6 Å². The summed E-state index contributed by atoms with van der Waals surface area (Å²) in [5, 5.41) is 4.76. The molecule has 1 aliphatic carbocycles. The molecule has 4 heteroatoms. The van der Waals surface area contributed by atoms with Crippen LogP contribution in [0.3, 0.4) is 0 Å². The van der Waals surface area contributed by atoms with Gasteiger partial charge in [-0.05, 0) is 45.6 Å². The van der Waals surface area contributed by atoms with Gasteiger partial charge in [-0.25, -0.2) is 4.98 Å². The predicted molar refractivity (Wildman–Crippen MR) is 86.7 cm³/mol. The lowest BCUT2D eigenvalue weighted by atomic mass is 9.98. The van der Waals surface area contributed by atoms with E-state index in [2.05, 4.69) is 24.2 Å². The van der Waals surface area contributed by atoms with Crippen molar-refractivity contribution in [2.75, 3.05) is 18.5 Å². The zero-order chi connectivity index (χ0) is 13.9. The fraction of sp³-hybridized carbons (Fsp3) is 0.812. The van der Waals surface area contributed by atoms with Gasteiger partial charge < -0.3 is 10.2 Å². The Labute approximate surface area is 126 Å². The van der Waals surface area contributed by atoms with Crippen molar-refractivity contribution in [3.8, 4) is 0 Å². The molecule has 0 bridgehead atoms. The minimum atomic E-state index is 0.539. The molecule has 0 amide bonds. The second-order valence-corrected chi connectivity index (χ2v) is 7.15. The molecule has 2 atom stereocenters. The number of aryl methyl sites for hydroxylation is 1. The molecular weight excluding hydrogens is 266 g/mol. The van der Waals surface area contributed by atoms with Crippen LogP contribution in [0, 0.1) is 0 Å². The molecule has 2 unspecified atom stereocenters. The Bertz CT molecular complexity index is 443. The lowest BCUT2D eigenvalue weighted by molar-refractivity contribution is 0.500. The van der Waals surface area contributed by atoms with Gasteiger partial charge in [-0.3, -0.25) is 0 Å². The Hall–Kier alpha value is -0.610. The molecule has 1 aromatic rings. The highest BCUT2D eigenvalue weighted by Crippen LogP contribution is 2.39. The average Bonchev–Trinajstić information content (AvgIpc) is 2.77. The van der Waals surface area contributed by atoms with Crippen molar-refractivity contribution in [2.45, 2.75) is 70.4 Å². The Balaban J connectivity index is 1.87. The number of aromatic nitrogens is 1. The van der Waals surface area contributed by atoms with Crippen LogP contribution in [-0.2, 0) is 6.42 Å². The summed E-state index contributed by atoms with van der Waals surface area (Å²) in [5.41, 5.74) is 1.37. The van der Waals surface area contributed by atoms with Gasteiger partial charge >= 0.3 is 0 Å². The second kappa shape index (κ2) is 6.44. The molecule has 0 saturated carbocycles. The summed E-state index contributed by atoms with van der Waals surface area (Å²) in [5.74, 6) is 0. The first kappa shape index (κ1) is 14.3. The lowest BCUT2D eigenvalue weighted by Gasteiger charge is -2.28. The van der Waals surface area contributed by atoms with Crippen LogP contribution in [0.5, 0.6) is 0 Å². The maximum atomic E-state index is 5.02. The van der Waals surface area contributed by atoms with E-state index < -0.39 is 0 Å². The zero-order valence-corrected chi connectivity index (χ0v) is 13.6. The van der Waals surface area contributed by atoms with E-state index in [4.69, 9.17) is 4.98 Å². The van der Waals surface area contributed by atoms with Gasteiger partial charge in [0.05, 0.1) is 5.69 Å². The van der Waals surface area contributed by atoms with Crippen molar-refractivity contribution in [2.24, 2.45) is 0 Å². The molecule has 1 fully saturated rings. The Kier molecular flexibility index (Phi) is 4.61. The molecule has 3 rings (SSSR count). The van der Waals surface area contributed by atoms with Gasteiger partial charge in [-0.2, -0.15) is 0 Å².